The molecule has 4 heterocycles. The van der Waals surface area contributed by atoms with E-state index in [9.17, 15) is 0 Å². The first-order chi connectivity index (χ1) is 30.7. The van der Waals surface area contributed by atoms with Crippen molar-refractivity contribution in [1.29, 1.82) is 0 Å². The fourth-order valence-electron chi connectivity index (χ4n) is 9.97. The minimum Gasteiger partial charge on any atom is -0.456 e. The summed E-state index contributed by atoms with van der Waals surface area (Å²) in [7, 11) is 13.5. The molecule has 0 spiro atoms. The summed E-state index contributed by atoms with van der Waals surface area (Å²) >= 11 is 0. The molecule has 0 saturated carbocycles. The molecule has 0 bridgehead atoms. The summed E-state index contributed by atoms with van der Waals surface area (Å²) in [6, 6.07) is 50.5. The Morgan fingerprint density at radius 2 is 0.952 bits per heavy atom. The van der Waals surface area contributed by atoms with Crippen LogP contribution in [0.1, 0.15) is 0 Å². The predicted molar refractivity (Wildman–Crippen MR) is 280 cm³/mol. The van der Waals surface area contributed by atoms with Crippen molar-refractivity contribution in [2.45, 2.75) is 0 Å². The molecule has 0 amide bonds. The third kappa shape index (κ3) is 5.70. The van der Waals surface area contributed by atoms with E-state index >= 15 is 0 Å². The van der Waals surface area contributed by atoms with Gasteiger partial charge in [-0.3, -0.25) is 0 Å². The van der Waals surface area contributed by atoms with Crippen molar-refractivity contribution in [2.24, 2.45) is 0 Å². The van der Waals surface area contributed by atoms with E-state index in [0.717, 1.165) is 77.4 Å². The van der Waals surface area contributed by atoms with Crippen LogP contribution in [0.25, 0.3) is 117 Å². The molecule has 12 heteroatoms. The maximum Gasteiger partial charge on any atom is 0.164 e. The Labute approximate surface area is 368 Å². The van der Waals surface area contributed by atoms with Crippen molar-refractivity contribution in [3.8, 4) is 51.0 Å². The number of hydrogen-bond donors (Lipinski definition) is 0. The van der Waals surface area contributed by atoms with E-state index in [1.54, 1.807) is 0 Å². The van der Waals surface area contributed by atoms with Crippen LogP contribution in [0.3, 0.4) is 0 Å². The second kappa shape index (κ2) is 14.0. The number of fused-ring (bicyclic) bond motifs is 9. The maximum atomic E-state index is 7.12. The molecule has 0 aliphatic carbocycles. The lowest BCUT2D eigenvalue weighted by molar-refractivity contribution is 0.668. The van der Waals surface area contributed by atoms with Gasteiger partial charge in [0.1, 0.15) is 69.4 Å². The van der Waals surface area contributed by atoms with E-state index in [1.807, 2.05) is 72.8 Å². The van der Waals surface area contributed by atoms with Crippen LogP contribution in [0.4, 0.5) is 0 Å². The third-order valence-electron chi connectivity index (χ3n) is 13.2. The molecule has 0 aliphatic heterocycles. The van der Waals surface area contributed by atoms with Crippen LogP contribution in [0.2, 0.25) is 0 Å². The number of nitrogens with zero attached hydrogens (tertiary/aromatic N) is 4. The highest BCUT2D eigenvalue weighted by molar-refractivity contribution is 6.62. The van der Waals surface area contributed by atoms with Gasteiger partial charge in [0, 0.05) is 60.5 Å². The molecule has 12 aromatic rings. The fraction of sp³-hybridized carbons (Fsp3) is 0. The Hall–Kier alpha value is -7.44. The SMILES string of the molecule is Bc1cc(B)c2c(c1B)c1c(B)c(B)cc(B)c1n2-c1cc(-c2cccc3oc4ccccc4c23)c2oc3cc(-c4nc(-c5ccccc5)nc(-c5ccccc5)n4)ccc3c2c1. The van der Waals surface area contributed by atoms with Gasteiger partial charge in [0.15, 0.2) is 17.5 Å². The van der Waals surface area contributed by atoms with Crippen LogP contribution in [0.15, 0.2) is 154 Å². The number of para-hydroxylation sites is 1. The largest absolute Gasteiger partial charge is 0.456 e. The van der Waals surface area contributed by atoms with Crippen molar-refractivity contribution >= 4 is 146 Å². The van der Waals surface area contributed by atoms with Crippen molar-refractivity contribution < 1.29 is 8.83 Å². The summed E-state index contributed by atoms with van der Waals surface area (Å²) < 4.78 is 16.1. The van der Waals surface area contributed by atoms with Gasteiger partial charge < -0.3 is 13.4 Å². The lowest BCUT2D eigenvalue weighted by Gasteiger charge is -2.15. The van der Waals surface area contributed by atoms with E-state index < -0.39 is 0 Å². The Morgan fingerprint density at radius 3 is 1.59 bits per heavy atom. The summed E-state index contributed by atoms with van der Waals surface area (Å²) in [6.45, 7) is 0. The Balaban J connectivity index is 1.17. The Bertz CT molecular complexity index is 3750. The van der Waals surface area contributed by atoms with Crippen molar-refractivity contribution in [1.82, 2.24) is 19.5 Å². The van der Waals surface area contributed by atoms with Gasteiger partial charge in [0.2, 0.25) is 0 Å². The Morgan fingerprint density at radius 1 is 0.381 bits per heavy atom. The second-order valence-electron chi connectivity index (χ2n) is 17.1. The number of rotatable bonds is 5. The molecular formula is C51H36B6N4O2. The van der Waals surface area contributed by atoms with Crippen LogP contribution in [-0.4, -0.2) is 66.6 Å². The first-order valence-corrected chi connectivity index (χ1v) is 21.5. The van der Waals surface area contributed by atoms with Gasteiger partial charge in [-0.2, -0.15) is 0 Å². The fourth-order valence-corrected chi connectivity index (χ4v) is 9.97. The first-order valence-electron chi connectivity index (χ1n) is 21.5. The first kappa shape index (κ1) is 37.3. The third-order valence-corrected chi connectivity index (χ3v) is 13.2. The Kier molecular flexibility index (Phi) is 8.32. The highest BCUT2D eigenvalue weighted by Gasteiger charge is 2.25. The molecule has 6 nitrogen and oxygen atoms in total. The van der Waals surface area contributed by atoms with Gasteiger partial charge in [-0.1, -0.05) is 142 Å². The van der Waals surface area contributed by atoms with E-state index in [2.05, 4.69) is 124 Å². The van der Waals surface area contributed by atoms with Gasteiger partial charge >= 0.3 is 0 Å². The zero-order valence-corrected chi connectivity index (χ0v) is 36.0. The van der Waals surface area contributed by atoms with E-state index in [4.69, 9.17) is 23.8 Å². The van der Waals surface area contributed by atoms with Crippen LogP contribution in [0.5, 0.6) is 0 Å². The number of hydrogen-bond acceptors (Lipinski definition) is 5. The molecule has 0 unspecified atom stereocenters. The van der Waals surface area contributed by atoms with E-state index in [-0.39, 0.29) is 0 Å². The smallest absolute Gasteiger partial charge is 0.164 e. The molecule has 0 N–H and O–H groups in total. The average Bonchev–Trinajstić information content (AvgIpc) is 4.01. The van der Waals surface area contributed by atoms with Crippen LogP contribution in [0, 0.1) is 0 Å². The van der Waals surface area contributed by atoms with Gasteiger partial charge in [-0.05, 0) is 52.7 Å². The highest BCUT2D eigenvalue weighted by atomic mass is 16.3. The lowest BCUT2D eigenvalue weighted by atomic mass is 9.71. The van der Waals surface area contributed by atoms with Gasteiger partial charge in [0.25, 0.3) is 0 Å². The molecule has 0 atom stereocenters. The topological polar surface area (TPSA) is 69.9 Å². The molecule has 290 valence electrons. The number of aromatic nitrogens is 4. The molecule has 0 saturated heterocycles. The average molecular weight is 802 g/mol. The molecule has 0 radical (unpaired) electrons. The van der Waals surface area contributed by atoms with E-state index in [0.29, 0.717) is 17.5 Å². The molecule has 63 heavy (non-hydrogen) atoms. The molecule has 0 aliphatic rings. The summed E-state index contributed by atoms with van der Waals surface area (Å²) in [5, 5.41) is 6.80. The van der Waals surface area contributed by atoms with Crippen LogP contribution < -0.4 is 32.8 Å². The molecule has 12 rings (SSSR count). The van der Waals surface area contributed by atoms with Gasteiger partial charge in [-0.25, -0.2) is 15.0 Å². The van der Waals surface area contributed by atoms with Crippen molar-refractivity contribution in [3.63, 3.8) is 0 Å². The maximum absolute atomic E-state index is 7.12. The van der Waals surface area contributed by atoms with E-state index in [1.165, 1.54) is 54.6 Å². The standard InChI is InChI=1S/C51H36B6N4O2/c52-34-23-36(54)46-42(44(34)56)43-45(57)35(53)24-37(55)47(43)61(46)28-21-32-29-19-18-27(51-59-49(25-10-3-1-4-11-25)58-50(60-51)26-12-5-2-6-13-26)20-40(29)63-48(32)33(22-28)30-15-9-17-39-41(30)31-14-7-8-16-38(31)62-39/h1-24H,52-57H2. The molecule has 4 aromatic heterocycles. The summed E-state index contributed by atoms with van der Waals surface area (Å²) in [4.78, 5) is 15.0. The van der Waals surface area contributed by atoms with Gasteiger partial charge in [-0.15, -0.1) is 0 Å². The lowest BCUT2D eigenvalue weighted by Crippen LogP contribution is -2.33. The highest BCUT2D eigenvalue weighted by Crippen LogP contribution is 2.44. The number of furan rings is 2. The van der Waals surface area contributed by atoms with Crippen LogP contribution >= 0.6 is 0 Å². The predicted octanol–water partition coefficient (Wildman–Crippen LogP) is 2.99. The summed E-state index contributed by atoms with van der Waals surface area (Å²) in [5.41, 5.74) is 19.2. The quantitative estimate of drug-likeness (QED) is 0.251. The molecule has 0 fully saturated rings. The summed E-state index contributed by atoms with van der Waals surface area (Å²) in [5.74, 6) is 1.81. The molecule has 8 aromatic carbocycles. The van der Waals surface area contributed by atoms with Crippen LogP contribution in [-0.2, 0) is 0 Å². The summed E-state index contributed by atoms with van der Waals surface area (Å²) in [6.07, 6.45) is 0. The molecular weight excluding hydrogens is 765 g/mol. The zero-order chi connectivity index (χ0) is 42.7. The van der Waals surface area contributed by atoms with Crippen molar-refractivity contribution in [3.05, 3.63) is 146 Å². The minimum absolute atomic E-state index is 0.577. The number of benzene rings is 8. The monoisotopic (exact) mass is 802 g/mol. The zero-order valence-electron chi connectivity index (χ0n) is 36.0. The van der Waals surface area contributed by atoms with Gasteiger partial charge in [0.05, 0.1) is 0 Å². The minimum atomic E-state index is 0.577. The van der Waals surface area contributed by atoms with Crippen molar-refractivity contribution in [2.75, 3.05) is 0 Å². The second-order valence-corrected chi connectivity index (χ2v) is 17.1. The normalized spacial score (nSPS) is 11.9.